The van der Waals surface area contributed by atoms with E-state index in [0.29, 0.717) is 12.4 Å². The van der Waals surface area contributed by atoms with Gasteiger partial charge in [-0.05, 0) is 30.2 Å². The maximum atomic E-state index is 12.1. The minimum atomic E-state index is -0.0228. The maximum absolute atomic E-state index is 12.1. The molecule has 0 aliphatic carbocycles. The van der Waals surface area contributed by atoms with Gasteiger partial charge in [0.25, 0.3) is 5.91 Å². The van der Waals surface area contributed by atoms with Gasteiger partial charge in [-0.2, -0.15) is 0 Å². The third-order valence-corrected chi connectivity index (χ3v) is 4.14. The van der Waals surface area contributed by atoms with E-state index in [4.69, 9.17) is 4.74 Å². The van der Waals surface area contributed by atoms with E-state index in [1.54, 1.807) is 19.5 Å². The molecule has 4 rings (SSSR count). The zero-order chi connectivity index (χ0) is 16.5. The molecule has 6 heteroatoms. The topological polar surface area (TPSA) is 69.0 Å². The second kappa shape index (κ2) is 5.81. The Kier molecular flexibility index (Phi) is 3.49. The first kappa shape index (κ1) is 14.4. The van der Waals surface area contributed by atoms with Gasteiger partial charge in [0.2, 0.25) is 5.88 Å². The molecule has 6 nitrogen and oxygen atoms in total. The summed E-state index contributed by atoms with van der Waals surface area (Å²) >= 11 is 0. The highest BCUT2D eigenvalue weighted by Gasteiger charge is 2.18. The van der Waals surface area contributed by atoms with Crippen LogP contribution >= 0.6 is 0 Å². The van der Waals surface area contributed by atoms with Gasteiger partial charge in [-0.3, -0.25) is 9.36 Å². The van der Waals surface area contributed by atoms with E-state index in [-0.39, 0.29) is 5.91 Å². The fourth-order valence-corrected chi connectivity index (χ4v) is 2.94. The highest BCUT2D eigenvalue weighted by Crippen LogP contribution is 2.25. The van der Waals surface area contributed by atoms with Crippen molar-refractivity contribution < 1.29 is 9.53 Å². The molecule has 1 aromatic carbocycles. The van der Waals surface area contributed by atoms with Crippen LogP contribution in [0.25, 0.3) is 17.1 Å². The van der Waals surface area contributed by atoms with Crippen molar-refractivity contribution in [3.05, 3.63) is 60.0 Å². The van der Waals surface area contributed by atoms with Gasteiger partial charge in [0.1, 0.15) is 5.82 Å². The van der Waals surface area contributed by atoms with Gasteiger partial charge in [-0.1, -0.05) is 6.07 Å². The number of amides is 1. The SMILES string of the molecule is COc1cc(-c2nccn2-c2ccc3c(c2)C(=O)NCC3)ccn1. The molecule has 0 radical (unpaired) electrons. The molecule has 1 amide bonds. The Bertz CT molecular complexity index is 917. The standard InChI is InChI=1S/C18H16N4O2/c1-24-16-10-13(5-6-19-16)17-20-8-9-22(17)14-3-2-12-4-7-21-18(23)15(12)11-14/h2-3,5-6,8-11H,4,7H2,1H3,(H,21,23). The predicted molar refractivity (Wildman–Crippen MR) is 89.4 cm³/mol. The summed E-state index contributed by atoms with van der Waals surface area (Å²) in [7, 11) is 1.58. The second-order valence-electron chi connectivity index (χ2n) is 5.56. The van der Waals surface area contributed by atoms with Crippen LogP contribution in [0.1, 0.15) is 15.9 Å². The Morgan fingerprint density at radius 3 is 2.96 bits per heavy atom. The van der Waals surface area contributed by atoms with Crippen LogP contribution in [-0.4, -0.2) is 34.1 Å². The molecule has 0 spiro atoms. The zero-order valence-electron chi connectivity index (χ0n) is 13.2. The summed E-state index contributed by atoms with van der Waals surface area (Å²) in [6.45, 7) is 0.693. The summed E-state index contributed by atoms with van der Waals surface area (Å²) in [6, 6.07) is 9.66. The Labute approximate surface area is 139 Å². The van der Waals surface area contributed by atoms with E-state index in [0.717, 1.165) is 34.6 Å². The second-order valence-corrected chi connectivity index (χ2v) is 5.56. The number of hydrogen-bond donors (Lipinski definition) is 1. The maximum Gasteiger partial charge on any atom is 0.251 e. The van der Waals surface area contributed by atoms with Crippen LogP contribution in [0.15, 0.2) is 48.9 Å². The molecule has 0 fully saturated rings. The number of fused-ring (bicyclic) bond motifs is 1. The number of pyridine rings is 1. The van der Waals surface area contributed by atoms with Crippen molar-refractivity contribution in [2.45, 2.75) is 6.42 Å². The number of nitrogens with zero attached hydrogens (tertiary/aromatic N) is 3. The van der Waals surface area contributed by atoms with E-state index in [1.807, 2.05) is 41.1 Å². The third kappa shape index (κ3) is 2.42. The average molecular weight is 320 g/mol. The number of ether oxygens (including phenoxy) is 1. The number of hydrogen-bond acceptors (Lipinski definition) is 4. The molecule has 0 saturated carbocycles. The molecule has 1 aliphatic rings. The monoisotopic (exact) mass is 320 g/mol. The first-order valence-corrected chi connectivity index (χ1v) is 7.71. The van der Waals surface area contributed by atoms with Gasteiger partial charge in [0.15, 0.2) is 0 Å². The molecule has 1 aliphatic heterocycles. The summed E-state index contributed by atoms with van der Waals surface area (Å²) in [6.07, 6.45) is 6.17. The van der Waals surface area contributed by atoms with Crippen molar-refractivity contribution in [3.63, 3.8) is 0 Å². The first-order valence-electron chi connectivity index (χ1n) is 7.71. The molecule has 0 atom stereocenters. The van der Waals surface area contributed by atoms with E-state index < -0.39 is 0 Å². The van der Waals surface area contributed by atoms with Gasteiger partial charge in [-0.25, -0.2) is 9.97 Å². The van der Waals surface area contributed by atoms with Crippen molar-refractivity contribution in [3.8, 4) is 23.0 Å². The van der Waals surface area contributed by atoms with Gasteiger partial charge < -0.3 is 10.1 Å². The number of nitrogens with one attached hydrogen (secondary N) is 1. The van der Waals surface area contributed by atoms with Crippen LogP contribution in [0.5, 0.6) is 5.88 Å². The lowest BCUT2D eigenvalue weighted by atomic mass is 9.99. The largest absolute Gasteiger partial charge is 0.481 e. The van der Waals surface area contributed by atoms with E-state index in [1.165, 1.54) is 0 Å². The highest BCUT2D eigenvalue weighted by atomic mass is 16.5. The summed E-state index contributed by atoms with van der Waals surface area (Å²) in [5.41, 5.74) is 3.60. The number of aromatic nitrogens is 3. The summed E-state index contributed by atoms with van der Waals surface area (Å²) in [4.78, 5) is 20.7. The van der Waals surface area contributed by atoms with Crippen molar-refractivity contribution in [1.82, 2.24) is 19.9 Å². The van der Waals surface area contributed by atoms with Gasteiger partial charge in [-0.15, -0.1) is 0 Å². The van der Waals surface area contributed by atoms with E-state index in [9.17, 15) is 4.79 Å². The molecule has 120 valence electrons. The van der Waals surface area contributed by atoms with Crippen LogP contribution in [-0.2, 0) is 6.42 Å². The van der Waals surface area contributed by atoms with E-state index in [2.05, 4.69) is 15.3 Å². The van der Waals surface area contributed by atoms with Crippen LogP contribution in [0.4, 0.5) is 0 Å². The van der Waals surface area contributed by atoms with Gasteiger partial charge in [0, 0.05) is 48.0 Å². The highest BCUT2D eigenvalue weighted by molar-refractivity contribution is 5.97. The van der Waals surface area contributed by atoms with Crippen LogP contribution in [0.2, 0.25) is 0 Å². The molecule has 0 saturated heterocycles. The zero-order valence-corrected chi connectivity index (χ0v) is 13.2. The molecular formula is C18H16N4O2. The molecule has 2 aromatic heterocycles. The fourth-order valence-electron chi connectivity index (χ4n) is 2.94. The molecule has 0 unspecified atom stereocenters. The fraction of sp³-hybridized carbons (Fsp3) is 0.167. The van der Waals surface area contributed by atoms with Crippen molar-refractivity contribution >= 4 is 5.91 Å². The van der Waals surface area contributed by atoms with Gasteiger partial charge in [0.05, 0.1) is 7.11 Å². The minimum absolute atomic E-state index is 0.0228. The van der Waals surface area contributed by atoms with Crippen LogP contribution in [0.3, 0.4) is 0 Å². The van der Waals surface area contributed by atoms with Crippen LogP contribution in [0, 0.1) is 0 Å². The molecule has 24 heavy (non-hydrogen) atoms. The van der Waals surface area contributed by atoms with Crippen molar-refractivity contribution in [1.29, 1.82) is 0 Å². The molecule has 0 bridgehead atoms. The quantitative estimate of drug-likeness (QED) is 0.803. The summed E-state index contributed by atoms with van der Waals surface area (Å²) in [5.74, 6) is 1.28. The lowest BCUT2D eigenvalue weighted by molar-refractivity contribution is 0.0946. The van der Waals surface area contributed by atoms with E-state index >= 15 is 0 Å². The Morgan fingerprint density at radius 2 is 2.08 bits per heavy atom. The number of carbonyl (C=O) groups excluding carboxylic acids is 1. The lowest BCUT2D eigenvalue weighted by Crippen LogP contribution is -2.31. The Balaban J connectivity index is 1.80. The van der Waals surface area contributed by atoms with Crippen LogP contribution < -0.4 is 10.1 Å². The Hall–Kier alpha value is -3.15. The minimum Gasteiger partial charge on any atom is -0.481 e. The summed E-state index contributed by atoms with van der Waals surface area (Å²) in [5, 5.41) is 2.88. The average Bonchev–Trinajstić information content (AvgIpc) is 3.12. The number of imidazole rings is 1. The number of rotatable bonds is 3. The Morgan fingerprint density at radius 1 is 1.17 bits per heavy atom. The van der Waals surface area contributed by atoms with Gasteiger partial charge >= 0.3 is 0 Å². The lowest BCUT2D eigenvalue weighted by Gasteiger charge is -2.18. The van der Waals surface area contributed by atoms with Crippen molar-refractivity contribution in [2.24, 2.45) is 0 Å². The number of benzene rings is 1. The van der Waals surface area contributed by atoms with Crippen molar-refractivity contribution in [2.75, 3.05) is 13.7 Å². The normalized spacial score (nSPS) is 13.3. The predicted octanol–water partition coefficient (Wildman–Crippen LogP) is 2.23. The third-order valence-electron chi connectivity index (χ3n) is 4.14. The molecule has 3 heterocycles. The molecule has 1 N–H and O–H groups in total. The number of carbonyl (C=O) groups is 1. The summed E-state index contributed by atoms with van der Waals surface area (Å²) < 4.78 is 7.14. The molecule has 3 aromatic rings. The smallest absolute Gasteiger partial charge is 0.251 e. The first-order chi connectivity index (χ1) is 11.8. The molecular weight excluding hydrogens is 304 g/mol. The number of methoxy groups -OCH3 is 1.